The van der Waals surface area contributed by atoms with Crippen LogP contribution in [0.3, 0.4) is 0 Å². The van der Waals surface area contributed by atoms with E-state index in [2.05, 4.69) is 19.7 Å². The summed E-state index contributed by atoms with van der Waals surface area (Å²) in [6, 6.07) is 9.47. The lowest BCUT2D eigenvalue weighted by Gasteiger charge is -2.10. The van der Waals surface area contributed by atoms with Crippen LogP contribution in [0.25, 0.3) is 21.5 Å². The number of nitrogens with one attached hydrogen (secondary N) is 1. The van der Waals surface area contributed by atoms with Crippen molar-refractivity contribution in [2.45, 2.75) is 20.0 Å². The number of aromatic nitrogens is 4. The third-order valence-electron chi connectivity index (χ3n) is 4.43. The predicted octanol–water partition coefficient (Wildman–Crippen LogP) is 2.68. The van der Waals surface area contributed by atoms with Crippen molar-refractivity contribution in [3.63, 3.8) is 0 Å². The van der Waals surface area contributed by atoms with Gasteiger partial charge in [0.1, 0.15) is 34.1 Å². The Hall–Kier alpha value is -3.46. The van der Waals surface area contributed by atoms with Crippen LogP contribution in [0.2, 0.25) is 0 Å². The van der Waals surface area contributed by atoms with Crippen molar-refractivity contribution in [2.24, 2.45) is 0 Å². The Kier molecular flexibility index (Phi) is 5.13. The molecule has 1 aromatic carbocycles. The van der Waals surface area contributed by atoms with Gasteiger partial charge in [0.2, 0.25) is 5.91 Å². The summed E-state index contributed by atoms with van der Waals surface area (Å²) in [7, 11) is 0. The van der Waals surface area contributed by atoms with Gasteiger partial charge in [0.15, 0.2) is 0 Å². The van der Waals surface area contributed by atoms with Crippen molar-refractivity contribution in [1.29, 1.82) is 0 Å². The number of pyridine rings is 1. The standard InChI is InChI=1S/C20H16FN5O2S/c1-12-24-18-17(14-6-8-22-9-7-14)25-29-19(18)20(28)26(12)11-16(27)23-10-13-2-4-15(21)5-3-13/h2-9H,10-11H2,1H3,(H,23,27). The van der Waals surface area contributed by atoms with Crippen LogP contribution < -0.4 is 10.9 Å². The van der Waals surface area contributed by atoms with Gasteiger partial charge in [-0.1, -0.05) is 12.1 Å². The van der Waals surface area contributed by atoms with E-state index in [4.69, 9.17) is 0 Å². The topological polar surface area (TPSA) is 89.8 Å². The van der Waals surface area contributed by atoms with Crippen molar-refractivity contribution in [3.8, 4) is 11.3 Å². The van der Waals surface area contributed by atoms with Gasteiger partial charge in [-0.05, 0) is 48.3 Å². The second kappa shape index (κ2) is 7.88. The van der Waals surface area contributed by atoms with E-state index in [9.17, 15) is 14.0 Å². The van der Waals surface area contributed by atoms with Gasteiger partial charge in [0.05, 0.1) is 0 Å². The molecular weight excluding hydrogens is 393 g/mol. The SMILES string of the molecule is Cc1nc2c(-c3ccncc3)nsc2c(=O)n1CC(=O)NCc1ccc(F)cc1. The number of carbonyl (C=O) groups excluding carboxylic acids is 1. The first-order valence-corrected chi connectivity index (χ1v) is 9.58. The maximum atomic E-state index is 13.0. The highest BCUT2D eigenvalue weighted by molar-refractivity contribution is 7.13. The quantitative estimate of drug-likeness (QED) is 0.547. The second-order valence-electron chi connectivity index (χ2n) is 6.40. The van der Waals surface area contributed by atoms with Crippen LogP contribution in [0.1, 0.15) is 11.4 Å². The Morgan fingerprint density at radius 2 is 1.90 bits per heavy atom. The van der Waals surface area contributed by atoms with Crippen LogP contribution in [0.5, 0.6) is 0 Å². The first kappa shape index (κ1) is 18.9. The predicted molar refractivity (Wildman–Crippen MR) is 108 cm³/mol. The first-order chi connectivity index (χ1) is 14.0. The van der Waals surface area contributed by atoms with Gasteiger partial charge in [0, 0.05) is 24.5 Å². The molecule has 0 saturated carbocycles. The van der Waals surface area contributed by atoms with Gasteiger partial charge in [-0.2, -0.15) is 4.37 Å². The Bertz CT molecular complexity index is 1240. The van der Waals surface area contributed by atoms with Crippen molar-refractivity contribution < 1.29 is 9.18 Å². The second-order valence-corrected chi connectivity index (χ2v) is 7.17. The van der Waals surface area contributed by atoms with Crippen LogP contribution in [0, 0.1) is 12.7 Å². The molecule has 146 valence electrons. The van der Waals surface area contributed by atoms with E-state index in [-0.39, 0.29) is 30.4 Å². The maximum absolute atomic E-state index is 13.0. The van der Waals surface area contributed by atoms with E-state index < -0.39 is 0 Å². The van der Waals surface area contributed by atoms with Gasteiger partial charge < -0.3 is 5.32 Å². The Labute approximate surface area is 169 Å². The molecule has 0 aliphatic heterocycles. The molecule has 0 saturated heterocycles. The number of amides is 1. The highest BCUT2D eigenvalue weighted by Crippen LogP contribution is 2.27. The number of hydrogen-bond acceptors (Lipinski definition) is 6. The summed E-state index contributed by atoms with van der Waals surface area (Å²) in [5.41, 5.74) is 2.43. The van der Waals surface area contributed by atoms with Crippen LogP contribution >= 0.6 is 11.5 Å². The zero-order valence-electron chi connectivity index (χ0n) is 15.4. The molecule has 0 unspecified atom stereocenters. The Morgan fingerprint density at radius 1 is 1.17 bits per heavy atom. The van der Waals surface area contributed by atoms with E-state index in [1.807, 2.05) is 0 Å². The minimum atomic E-state index is -0.336. The molecule has 0 radical (unpaired) electrons. The minimum absolute atomic E-state index is 0.155. The first-order valence-electron chi connectivity index (χ1n) is 8.81. The Morgan fingerprint density at radius 3 is 2.62 bits per heavy atom. The summed E-state index contributed by atoms with van der Waals surface area (Å²) in [6.45, 7) is 1.77. The lowest BCUT2D eigenvalue weighted by molar-refractivity contribution is -0.121. The molecule has 0 bridgehead atoms. The van der Waals surface area contributed by atoms with E-state index in [1.165, 1.54) is 16.7 Å². The third-order valence-corrected chi connectivity index (χ3v) is 5.25. The molecule has 0 spiro atoms. The smallest absolute Gasteiger partial charge is 0.273 e. The fraction of sp³-hybridized carbons (Fsp3) is 0.150. The van der Waals surface area contributed by atoms with E-state index in [1.54, 1.807) is 43.6 Å². The van der Waals surface area contributed by atoms with E-state index >= 15 is 0 Å². The molecule has 0 aliphatic carbocycles. The molecule has 4 rings (SSSR count). The highest BCUT2D eigenvalue weighted by atomic mass is 32.1. The van der Waals surface area contributed by atoms with Crippen LogP contribution in [-0.4, -0.2) is 24.8 Å². The number of rotatable bonds is 5. The van der Waals surface area contributed by atoms with E-state index in [0.29, 0.717) is 21.7 Å². The van der Waals surface area contributed by atoms with Crippen LogP contribution in [0.15, 0.2) is 53.6 Å². The largest absolute Gasteiger partial charge is 0.350 e. The number of fused-ring (bicyclic) bond motifs is 1. The molecule has 9 heteroatoms. The molecule has 4 aromatic rings. The van der Waals surface area contributed by atoms with Crippen molar-refractivity contribution >= 4 is 27.7 Å². The monoisotopic (exact) mass is 409 g/mol. The summed E-state index contributed by atoms with van der Waals surface area (Å²) in [4.78, 5) is 33.7. The molecule has 29 heavy (non-hydrogen) atoms. The fourth-order valence-corrected chi connectivity index (χ4v) is 3.70. The van der Waals surface area contributed by atoms with Gasteiger partial charge in [-0.15, -0.1) is 0 Å². The molecule has 0 fully saturated rings. The summed E-state index contributed by atoms with van der Waals surface area (Å²) < 4.78 is 19.1. The van der Waals surface area contributed by atoms with E-state index in [0.717, 1.165) is 22.7 Å². The molecule has 7 nitrogen and oxygen atoms in total. The lowest BCUT2D eigenvalue weighted by Crippen LogP contribution is -2.33. The average Bonchev–Trinajstić information content (AvgIpc) is 3.15. The molecule has 1 amide bonds. The summed E-state index contributed by atoms with van der Waals surface area (Å²) in [5, 5.41) is 2.73. The van der Waals surface area contributed by atoms with Gasteiger partial charge >= 0.3 is 0 Å². The zero-order chi connectivity index (χ0) is 20.4. The number of aryl methyl sites for hydroxylation is 1. The number of benzene rings is 1. The zero-order valence-corrected chi connectivity index (χ0v) is 16.2. The van der Waals surface area contributed by atoms with Gasteiger partial charge in [-0.3, -0.25) is 19.1 Å². The summed E-state index contributed by atoms with van der Waals surface area (Å²) >= 11 is 1.06. The normalized spacial score (nSPS) is 11.0. The average molecular weight is 409 g/mol. The molecular formula is C20H16FN5O2S. The molecule has 0 atom stereocenters. The Balaban J connectivity index is 1.57. The summed E-state index contributed by atoms with van der Waals surface area (Å²) in [5.74, 6) is -0.244. The number of nitrogens with zero attached hydrogens (tertiary/aromatic N) is 4. The summed E-state index contributed by atoms with van der Waals surface area (Å²) in [6.07, 6.45) is 3.31. The highest BCUT2D eigenvalue weighted by Gasteiger charge is 2.17. The molecule has 0 aliphatic rings. The molecule has 3 aromatic heterocycles. The lowest BCUT2D eigenvalue weighted by atomic mass is 10.2. The van der Waals surface area contributed by atoms with Crippen LogP contribution in [-0.2, 0) is 17.9 Å². The number of carbonyl (C=O) groups is 1. The minimum Gasteiger partial charge on any atom is -0.350 e. The van der Waals surface area contributed by atoms with Gasteiger partial charge in [-0.25, -0.2) is 9.37 Å². The van der Waals surface area contributed by atoms with Crippen LogP contribution in [0.4, 0.5) is 4.39 Å². The fourth-order valence-electron chi connectivity index (χ4n) is 2.91. The maximum Gasteiger partial charge on any atom is 0.273 e. The third kappa shape index (κ3) is 3.90. The number of hydrogen-bond donors (Lipinski definition) is 1. The number of halogens is 1. The van der Waals surface area contributed by atoms with Crippen molar-refractivity contribution in [3.05, 3.63) is 76.4 Å². The van der Waals surface area contributed by atoms with Crippen molar-refractivity contribution in [2.75, 3.05) is 0 Å². The van der Waals surface area contributed by atoms with Crippen molar-refractivity contribution in [1.82, 2.24) is 24.2 Å². The molecule has 3 heterocycles. The molecule has 1 N–H and O–H groups in total. The van der Waals surface area contributed by atoms with Gasteiger partial charge in [0.25, 0.3) is 5.56 Å².